The van der Waals surface area contributed by atoms with Gasteiger partial charge in [0.2, 0.25) is 0 Å². The molecule has 0 N–H and O–H groups in total. The quantitative estimate of drug-likeness (QED) is 0.386. The lowest BCUT2D eigenvalue weighted by atomic mass is 9.99. The first-order valence-corrected chi connectivity index (χ1v) is 13.4. The molecule has 35 heavy (non-hydrogen) atoms. The number of methoxy groups -OCH3 is 1. The lowest BCUT2D eigenvalue weighted by Crippen LogP contribution is -2.55. The molecule has 2 aromatic carbocycles. The summed E-state index contributed by atoms with van der Waals surface area (Å²) < 4.78 is 12.0. The Bertz CT molecular complexity index is 1090. The van der Waals surface area contributed by atoms with E-state index in [1.807, 2.05) is 18.3 Å². The molecule has 6 nitrogen and oxygen atoms in total. The summed E-state index contributed by atoms with van der Waals surface area (Å²) in [5.41, 5.74) is 4.22. The van der Waals surface area contributed by atoms with Crippen molar-refractivity contribution in [1.29, 1.82) is 0 Å². The van der Waals surface area contributed by atoms with Crippen LogP contribution in [0.1, 0.15) is 42.2 Å². The predicted molar refractivity (Wildman–Crippen MR) is 140 cm³/mol. The minimum absolute atomic E-state index is 0.185. The molecule has 1 saturated carbocycles. The first kappa shape index (κ1) is 23.8. The van der Waals surface area contributed by atoms with Crippen LogP contribution in [0, 0.1) is 0 Å². The van der Waals surface area contributed by atoms with E-state index < -0.39 is 0 Å². The number of carbonyl (C=O) groups excluding carboxylic acids is 1. The fourth-order valence-corrected chi connectivity index (χ4v) is 6.05. The Balaban J connectivity index is 1.39. The van der Waals surface area contributed by atoms with Gasteiger partial charge in [-0.05, 0) is 49.8 Å². The van der Waals surface area contributed by atoms with Gasteiger partial charge in [-0.2, -0.15) is 0 Å². The van der Waals surface area contributed by atoms with Gasteiger partial charge in [0, 0.05) is 48.5 Å². The monoisotopic (exact) mass is 491 g/mol. The van der Waals surface area contributed by atoms with Crippen LogP contribution in [0.3, 0.4) is 0 Å². The van der Waals surface area contributed by atoms with E-state index in [1.165, 1.54) is 18.4 Å². The average Bonchev–Trinajstić information content (AvgIpc) is 3.61. The standard InChI is InChI=1S/C28H33N3O3S/c1-33-26-12-11-22(16-27(26)34-24-9-5-6-10-24)30-13-14-31(25(19-32)28-17-29-20-35-28)23(18-30)15-21-7-3-2-4-8-21/h2-4,7-8,11-12,16-17,19-20,23-25H,5-6,9-10,13-15,18H2,1H3/t23?,25-/m0/s1. The topological polar surface area (TPSA) is 54.9 Å². The van der Waals surface area contributed by atoms with Crippen LogP contribution in [-0.2, 0) is 11.2 Å². The number of rotatable bonds is 9. The normalized spacial score (nSPS) is 20.0. The number of aldehydes is 1. The van der Waals surface area contributed by atoms with Crippen LogP contribution >= 0.6 is 11.3 Å². The second kappa shape index (κ2) is 11.2. The van der Waals surface area contributed by atoms with Crippen molar-refractivity contribution in [3.8, 4) is 11.5 Å². The lowest BCUT2D eigenvalue weighted by molar-refractivity contribution is -0.113. The molecule has 2 aliphatic rings. The van der Waals surface area contributed by atoms with Gasteiger partial charge >= 0.3 is 0 Å². The summed E-state index contributed by atoms with van der Waals surface area (Å²) in [6.45, 7) is 2.46. The molecule has 5 rings (SSSR count). The summed E-state index contributed by atoms with van der Waals surface area (Å²) in [7, 11) is 1.70. The van der Waals surface area contributed by atoms with Crippen LogP contribution in [0.2, 0.25) is 0 Å². The second-order valence-electron chi connectivity index (χ2n) is 9.37. The molecule has 184 valence electrons. The third-order valence-electron chi connectivity index (χ3n) is 7.18. The zero-order valence-corrected chi connectivity index (χ0v) is 21.0. The van der Waals surface area contributed by atoms with E-state index in [4.69, 9.17) is 9.47 Å². The van der Waals surface area contributed by atoms with Crippen LogP contribution in [0.5, 0.6) is 11.5 Å². The van der Waals surface area contributed by atoms with Crippen LogP contribution in [0.15, 0.2) is 60.2 Å². The summed E-state index contributed by atoms with van der Waals surface area (Å²) >= 11 is 1.55. The number of anilines is 1. The summed E-state index contributed by atoms with van der Waals surface area (Å²) in [6.07, 6.45) is 8.72. The molecular formula is C28H33N3O3S. The number of hydrogen-bond acceptors (Lipinski definition) is 7. The van der Waals surface area contributed by atoms with E-state index in [9.17, 15) is 4.79 Å². The fourth-order valence-electron chi connectivity index (χ4n) is 5.36. The highest BCUT2D eigenvalue weighted by Crippen LogP contribution is 2.36. The number of carbonyl (C=O) groups is 1. The number of benzene rings is 2. The Morgan fingerprint density at radius 3 is 2.66 bits per heavy atom. The molecule has 1 aliphatic carbocycles. The Labute approximate surface area is 211 Å². The molecule has 2 heterocycles. The Kier molecular flexibility index (Phi) is 7.64. The fraction of sp³-hybridized carbons (Fsp3) is 0.429. The highest BCUT2D eigenvalue weighted by Gasteiger charge is 2.34. The maximum absolute atomic E-state index is 12.2. The lowest BCUT2D eigenvalue weighted by Gasteiger charge is -2.44. The van der Waals surface area contributed by atoms with Crippen LogP contribution in [0.25, 0.3) is 0 Å². The second-order valence-corrected chi connectivity index (χ2v) is 10.3. The molecule has 0 spiro atoms. The minimum Gasteiger partial charge on any atom is -0.493 e. The predicted octanol–water partition coefficient (Wildman–Crippen LogP) is 5.15. The molecule has 3 aromatic rings. The minimum atomic E-state index is -0.268. The molecule has 0 bridgehead atoms. The van der Waals surface area contributed by atoms with E-state index in [1.54, 1.807) is 24.0 Å². The number of thiazole rings is 1. The van der Waals surface area contributed by atoms with Crippen molar-refractivity contribution in [3.05, 3.63) is 70.7 Å². The van der Waals surface area contributed by atoms with Gasteiger partial charge in [-0.3, -0.25) is 9.88 Å². The van der Waals surface area contributed by atoms with Crippen molar-refractivity contribution in [2.24, 2.45) is 0 Å². The third-order valence-corrected chi connectivity index (χ3v) is 8.03. The summed E-state index contributed by atoms with van der Waals surface area (Å²) in [5, 5.41) is 0. The maximum atomic E-state index is 12.2. The Hall–Kier alpha value is -2.90. The highest BCUT2D eigenvalue weighted by molar-refractivity contribution is 7.09. The molecule has 0 radical (unpaired) electrons. The molecule has 1 unspecified atom stereocenters. The van der Waals surface area contributed by atoms with Crippen molar-refractivity contribution < 1.29 is 14.3 Å². The molecule has 1 saturated heterocycles. The number of hydrogen-bond donors (Lipinski definition) is 0. The Morgan fingerprint density at radius 1 is 1.11 bits per heavy atom. The SMILES string of the molecule is COc1ccc(N2CCN([C@@H](C=O)c3cncs3)C(Cc3ccccc3)C2)cc1OC1CCCC1. The smallest absolute Gasteiger partial charge is 0.163 e. The van der Waals surface area contributed by atoms with Gasteiger partial charge in [0.1, 0.15) is 12.3 Å². The van der Waals surface area contributed by atoms with Crippen LogP contribution in [-0.4, -0.2) is 55.1 Å². The zero-order valence-electron chi connectivity index (χ0n) is 20.2. The zero-order chi connectivity index (χ0) is 24.0. The van der Waals surface area contributed by atoms with Crippen molar-refractivity contribution in [1.82, 2.24) is 9.88 Å². The molecule has 0 amide bonds. The summed E-state index contributed by atoms with van der Waals surface area (Å²) in [5.74, 6) is 1.61. The molecule has 1 aliphatic heterocycles. The number of ether oxygens (including phenoxy) is 2. The van der Waals surface area contributed by atoms with E-state index >= 15 is 0 Å². The van der Waals surface area contributed by atoms with Gasteiger partial charge in [-0.1, -0.05) is 30.3 Å². The van der Waals surface area contributed by atoms with E-state index in [0.717, 1.165) is 67.2 Å². The Morgan fingerprint density at radius 2 is 1.94 bits per heavy atom. The van der Waals surface area contributed by atoms with Crippen molar-refractivity contribution in [2.75, 3.05) is 31.6 Å². The van der Waals surface area contributed by atoms with Gasteiger partial charge in [-0.15, -0.1) is 11.3 Å². The number of aromatic nitrogens is 1. The first-order chi connectivity index (χ1) is 17.2. The maximum Gasteiger partial charge on any atom is 0.163 e. The van der Waals surface area contributed by atoms with Gasteiger partial charge < -0.3 is 19.2 Å². The average molecular weight is 492 g/mol. The summed E-state index contributed by atoms with van der Waals surface area (Å²) in [6, 6.07) is 16.7. The molecule has 7 heteroatoms. The van der Waals surface area contributed by atoms with Gasteiger partial charge in [0.25, 0.3) is 0 Å². The van der Waals surface area contributed by atoms with E-state index in [2.05, 4.69) is 51.2 Å². The third kappa shape index (κ3) is 5.52. The first-order valence-electron chi connectivity index (χ1n) is 12.5. The van der Waals surface area contributed by atoms with Crippen LogP contribution < -0.4 is 14.4 Å². The largest absolute Gasteiger partial charge is 0.493 e. The van der Waals surface area contributed by atoms with Crippen molar-refractivity contribution in [2.45, 2.75) is 50.3 Å². The van der Waals surface area contributed by atoms with Crippen molar-refractivity contribution in [3.63, 3.8) is 0 Å². The molecular weight excluding hydrogens is 458 g/mol. The van der Waals surface area contributed by atoms with Gasteiger partial charge in [0.05, 0.1) is 18.7 Å². The van der Waals surface area contributed by atoms with E-state index in [-0.39, 0.29) is 18.2 Å². The molecule has 2 fully saturated rings. The van der Waals surface area contributed by atoms with Crippen molar-refractivity contribution >= 4 is 23.3 Å². The summed E-state index contributed by atoms with van der Waals surface area (Å²) in [4.78, 5) is 22.2. The molecule has 2 atom stereocenters. The van der Waals surface area contributed by atoms with Gasteiger partial charge in [0.15, 0.2) is 11.5 Å². The van der Waals surface area contributed by atoms with E-state index in [0.29, 0.717) is 0 Å². The number of nitrogens with zero attached hydrogens (tertiary/aromatic N) is 3. The van der Waals surface area contributed by atoms with Crippen LogP contribution in [0.4, 0.5) is 5.69 Å². The number of piperazine rings is 1. The molecule has 1 aromatic heterocycles. The highest BCUT2D eigenvalue weighted by atomic mass is 32.1. The van der Waals surface area contributed by atoms with Gasteiger partial charge in [-0.25, -0.2) is 0 Å².